The van der Waals surface area contributed by atoms with E-state index >= 15 is 0 Å². The molecule has 0 spiro atoms. The molecule has 1 amide bonds. The van der Waals surface area contributed by atoms with Gasteiger partial charge >= 0.3 is 0 Å². The Morgan fingerprint density at radius 1 is 1.00 bits per heavy atom. The molecule has 0 atom stereocenters. The standard InChI is InChI=1S/C22H16FN3O3/c23-16-8-6-7-15(13-16)22-25-21(26-29-22)18-11-4-5-12-19(18)28-14-20(27)24-17-9-2-1-3-10-17/h1-13H,14H2,(H,24,27). The SMILES string of the molecule is O=C(COc1ccccc1-c1noc(-c2cccc(F)c2)n1)Nc1ccccc1. The smallest absolute Gasteiger partial charge is 0.262 e. The molecule has 1 aromatic heterocycles. The Morgan fingerprint density at radius 3 is 2.62 bits per heavy atom. The van der Waals surface area contributed by atoms with E-state index in [1.54, 1.807) is 48.5 Å². The van der Waals surface area contributed by atoms with Gasteiger partial charge in [0.1, 0.15) is 11.6 Å². The topological polar surface area (TPSA) is 77.2 Å². The molecule has 29 heavy (non-hydrogen) atoms. The van der Waals surface area contributed by atoms with E-state index < -0.39 is 5.82 Å². The predicted octanol–water partition coefficient (Wildman–Crippen LogP) is 4.56. The monoisotopic (exact) mass is 389 g/mol. The van der Waals surface area contributed by atoms with Crippen LogP contribution in [-0.2, 0) is 4.79 Å². The first-order chi connectivity index (χ1) is 14.2. The van der Waals surface area contributed by atoms with Gasteiger partial charge in [-0.15, -0.1) is 0 Å². The molecule has 6 nitrogen and oxygen atoms in total. The van der Waals surface area contributed by atoms with Crippen molar-refractivity contribution in [1.29, 1.82) is 0 Å². The maximum atomic E-state index is 13.4. The van der Waals surface area contributed by atoms with Crippen molar-refractivity contribution in [3.8, 4) is 28.6 Å². The Kier molecular flexibility index (Phi) is 5.29. The highest BCUT2D eigenvalue weighted by atomic mass is 19.1. The molecule has 0 aliphatic heterocycles. The second kappa shape index (κ2) is 8.35. The van der Waals surface area contributed by atoms with Gasteiger partial charge in [0, 0.05) is 11.3 Å². The minimum absolute atomic E-state index is 0.180. The third-order valence-corrected chi connectivity index (χ3v) is 4.04. The normalized spacial score (nSPS) is 10.5. The molecule has 1 heterocycles. The number of para-hydroxylation sites is 2. The van der Waals surface area contributed by atoms with Gasteiger partial charge in [0.25, 0.3) is 11.8 Å². The van der Waals surface area contributed by atoms with E-state index in [0.717, 1.165) is 0 Å². The molecule has 4 aromatic rings. The molecule has 0 unspecified atom stereocenters. The molecule has 0 fully saturated rings. The van der Waals surface area contributed by atoms with Gasteiger partial charge in [-0.2, -0.15) is 4.98 Å². The summed E-state index contributed by atoms with van der Waals surface area (Å²) in [5.41, 5.74) is 1.73. The Labute approximate surface area is 166 Å². The minimum atomic E-state index is -0.393. The first kappa shape index (κ1) is 18.4. The first-order valence-corrected chi connectivity index (χ1v) is 8.86. The van der Waals surface area contributed by atoms with Crippen molar-refractivity contribution in [3.05, 3.63) is 84.7 Å². The predicted molar refractivity (Wildman–Crippen MR) is 106 cm³/mol. The van der Waals surface area contributed by atoms with Crippen LogP contribution in [0, 0.1) is 5.82 Å². The van der Waals surface area contributed by atoms with Gasteiger partial charge < -0.3 is 14.6 Å². The van der Waals surface area contributed by atoms with Gasteiger partial charge in [-0.1, -0.05) is 41.6 Å². The van der Waals surface area contributed by atoms with Gasteiger partial charge in [0.2, 0.25) is 5.82 Å². The van der Waals surface area contributed by atoms with Crippen molar-refractivity contribution in [3.63, 3.8) is 0 Å². The third-order valence-electron chi connectivity index (χ3n) is 4.04. The van der Waals surface area contributed by atoms with E-state index in [1.807, 2.05) is 18.2 Å². The number of hydrogen-bond acceptors (Lipinski definition) is 5. The number of amides is 1. The lowest BCUT2D eigenvalue weighted by Crippen LogP contribution is -2.20. The Bertz CT molecular complexity index is 1130. The van der Waals surface area contributed by atoms with Crippen LogP contribution in [0.1, 0.15) is 0 Å². The van der Waals surface area contributed by atoms with Crippen molar-refractivity contribution in [2.75, 3.05) is 11.9 Å². The van der Waals surface area contributed by atoms with Crippen LogP contribution in [-0.4, -0.2) is 22.7 Å². The van der Waals surface area contributed by atoms with Crippen LogP contribution in [0.25, 0.3) is 22.8 Å². The van der Waals surface area contributed by atoms with Gasteiger partial charge in [-0.05, 0) is 42.5 Å². The van der Waals surface area contributed by atoms with Crippen molar-refractivity contribution in [1.82, 2.24) is 10.1 Å². The van der Waals surface area contributed by atoms with Gasteiger partial charge in [0.05, 0.1) is 5.56 Å². The molecule has 3 aromatic carbocycles. The summed E-state index contributed by atoms with van der Waals surface area (Å²) < 4.78 is 24.4. The third kappa shape index (κ3) is 4.47. The maximum Gasteiger partial charge on any atom is 0.262 e. The molecular weight excluding hydrogens is 373 g/mol. The number of rotatable bonds is 6. The van der Waals surface area contributed by atoms with Crippen molar-refractivity contribution in [2.45, 2.75) is 0 Å². The van der Waals surface area contributed by atoms with E-state index in [0.29, 0.717) is 22.6 Å². The molecule has 0 saturated heterocycles. The fraction of sp³-hybridized carbons (Fsp3) is 0.0455. The van der Waals surface area contributed by atoms with Crippen LogP contribution in [0.15, 0.2) is 83.4 Å². The van der Waals surface area contributed by atoms with Crippen LogP contribution >= 0.6 is 0 Å². The Balaban J connectivity index is 1.49. The lowest BCUT2D eigenvalue weighted by atomic mass is 10.2. The number of halogens is 1. The lowest BCUT2D eigenvalue weighted by Gasteiger charge is -2.09. The average Bonchev–Trinajstić information content (AvgIpc) is 3.23. The summed E-state index contributed by atoms with van der Waals surface area (Å²) in [6.07, 6.45) is 0. The summed E-state index contributed by atoms with van der Waals surface area (Å²) in [6.45, 7) is -0.180. The van der Waals surface area contributed by atoms with Crippen LogP contribution in [0.3, 0.4) is 0 Å². The maximum absolute atomic E-state index is 13.4. The van der Waals surface area contributed by atoms with Crippen LogP contribution in [0.4, 0.5) is 10.1 Å². The summed E-state index contributed by atoms with van der Waals surface area (Å²) >= 11 is 0. The van der Waals surface area contributed by atoms with Crippen LogP contribution < -0.4 is 10.1 Å². The zero-order valence-electron chi connectivity index (χ0n) is 15.2. The highest BCUT2D eigenvalue weighted by Crippen LogP contribution is 2.29. The number of carbonyl (C=O) groups is 1. The summed E-state index contributed by atoms with van der Waals surface area (Å²) in [7, 11) is 0. The number of carbonyl (C=O) groups excluding carboxylic acids is 1. The zero-order chi connectivity index (χ0) is 20.1. The fourth-order valence-electron chi connectivity index (χ4n) is 2.71. The van der Waals surface area contributed by atoms with Crippen molar-refractivity contribution in [2.24, 2.45) is 0 Å². The van der Waals surface area contributed by atoms with E-state index in [1.165, 1.54) is 12.1 Å². The minimum Gasteiger partial charge on any atom is -0.483 e. The highest BCUT2D eigenvalue weighted by Gasteiger charge is 2.15. The molecule has 1 N–H and O–H groups in total. The van der Waals surface area contributed by atoms with E-state index in [-0.39, 0.29) is 24.2 Å². The number of ether oxygens (including phenoxy) is 1. The van der Waals surface area contributed by atoms with E-state index in [4.69, 9.17) is 9.26 Å². The zero-order valence-corrected chi connectivity index (χ0v) is 15.2. The van der Waals surface area contributed by atoms with Gasteiger partial charge in [0.15, 0.2) is 6.61 Å². The van der Waals surface area contributed by atoms with Crippen LogP contribution in [0.5, 0.6) is 5.75 Å². The molecule has 7 heteroatoms. The van der Waals surface area contributed by atoms with Gasteiger partial charge in [-0.3, -0.25) is 4.79 Å². The molecule has 0 saturated carbocycles. The van der Waals surface area contributed by atoms with Gasteiger partial charge in [-0.25, -0.2) is 4.39 Å². The number of hydrogen-bond donors (Lipinski definition) is 1. The van der Waals surface area contributed by atoms with Crippen molar-refractivity contribution >= 4 is 11.6 Å². The largest absolute Gasteiger partial charge is 0.483 e. The molecule has 144 valence electrons. The molecule has 0 aliphatic carbocycles. The number of anilines is 1. The average molecular weight is 389 g/mol. The second-order valence-corrected chi connectivity index (χ2v) is 6.13. The quantitative estimate of drug-likeness (QED) is 0.523. The van der Waals surface area contributed by atoms with Crippen LogP contribution in [0.2, 0.25) is 0 Å². The molecule has 0 aliphatic rings. The molecule has 0 bridgehead atoms. The van der Waals surface area contributed by atoms with E-state index in [9.17, 15) is 9.18 Å². The first-order valence-electron chi connectivity index (χ1n) is 8.86. The second-order valence-electron chi connectivity index (χ2n) is 6.13. The number of nitrogens with zero attached hydrogens (tertiary/aromatic N) is 2. The van der Waals surface area contributed by atoms with E-state index in [2.05, 4.69) is 15.5 Å². The summed E-state index contributed by atoms with van der Waals surface area (Å²) in [5.74, 6) is 0.219. The number of nitrogens with one attached hydrogen (secondary N) is 1. The van der Waals surface area contributed by atoms with Crippen molar-refractivity contribution < 1.29 is 18.4 Å². The highest BCUT2D eigenvalue weighted by molar-refractivity contribution is 5.91. The summed E-state index contributed by atoms with van der Waals surface area (Å²) in [5, 5.41) is 6.71. The lowest BCUT2D eigenvalue weighted by molar-refractivity contribution is -0.118. The Morgan fingerprint density at radius 2 is 1.79 bits per heavy atom. The molecule has 0 radical (unpaired) electrons. The Hall–Kier alpha value is -4.00. The summed E-state index contributed by atoms with van der Waals surface area (Å²) in [6, 6.07) is 22.0. The molecular formula is C22H16FN3O3. The summed E-state index contributed by atoms with van der Waals surface area (Å²) in [4.78, 5) is 16.5. The molecule has 4 rings (SSSR count). The number of aromatic nitrogens is 2. The fourth-order valence-corrected chi connectivity index (χ4v) is 2.71. The number of benzene rings is 3.